The molecule has 0 aliphatic rings. The van der Waals surface area contributed by atoms with Crippen LogP contribution in [0.2, 0.25) is 0 Å². The summed E-state index contributed by atoms with van der Waals surface area (Å²) < 4.78 is 5.05. The highest BCUT2D eigenvalue weighted by atomic mass is 16.5. The van der Waals surface area contributed by atoms with Gasteiger partial charge >= 0.3 is 0 Å². The first-order valence-corrected chi connectivity index (χ1v) is 4.92. The number of aromatic nitrogens is 3. The topological polar surface area (TPSA) is 97.8 Å². The molecule has 0 saturated heterocycles. The third kappa shape index (κ3) is 2.34. The Hall–Kier alpha value is -1.95. The van der Waals surface area contributed by atoms with Crippen LogP contribution in [-0.4, -0.2) is 21.2 Å². The van der Waals surface area contributed by atoms with Crippen LogP contribution in [0.25, 0.3) is 11.5 Å². The smallest absolute Gasteiger partial charge is 0.259 e. The number of rotatable bonds is 3. The van der Waals surface area contributed by atoms with Crippen molar-refractivity contribution in [2.24, 2.45) is 5.73 Å². The lowest BCUT2D eigenvalue weighted by Gasteiger charge is -1.96. The predicted octanol–water partition coefficient (Wildman–Crippen LogP) is 0.315. The Kier molecular flexibility index (Phi) is 2.82. The van der Waals surface area contributed by atoms with Crippen LogP contribution in [0, 0.1) is 0 Å². The number of hydrogen-bond donors (Lipinski definition) is 2. The minimum absolute atomic E-state index is 0.0129. The molecule has 84 valence electrons. The molecule has 6 heteroatoms. The molecule has 0 spiro atoms. The van der Waals surface area contributed by atoms with Crippen LogP contribution >= 0.6 is 0 Å². The first kappa shape index (κ1) is 10.6. The summed E-state index contributed by atoms with van der Waals surface area (Å²) in [6.07, 6.45) is 2.10. The van der Waals surface area contributed by atoms with E-state index < -0.39 is 0 Å². The summed E-state index contributed by atoms with van der Waals surface area (Å²) in [5.74, 6) is 0.947. The van der Waals surface area contributed by atoms with Crippen LogP contribution in [-0.2, 0) is 6.42 Å². The Labute approximate surface area is 91.5 Å². The highest BCUT2D eigenvalue weighted by molar-refractivity contribution is 5.50. The number of nitrogens with two attached hydrogens (primary N) is 1. The van der Waals surface area contributed by atoms with Crippen LogP contribution in [0.4, 0.5) is 0 Å². The van der Waals surface area contributed by atoms with E-state index in [0.717, 1.165) is 0 Å². The summed E-state index contributed by atoms with van der Waals surface area (Å²) in [5, 5.41) is 3.80. The molecule has 2 aromatic rings. The van der Waals surface area contributed by atoms with Crippen LogP contribution in [0.15, 0.2) is 27.6 Å². The maximum atomic E-state index is 10.9. The highest BCUT2D eigenvalue weighted by Crippen LogP contribution is 2.14. The van der Waals surface area contributed by atoms with Crippen molar-refractivity contribution >= 4 is 0 Å². The number of nitrogens with one attached hydrogen (secondary N) is 1. The summed E-state index contributed by atoms with van der Waals surface area (Å²) >= 11 is 0. The monoisotopic (exact) mass is 220 g/mol. The van der Waals surface area contributed by atoms with Crippen LogP contribution < -0.4 is 11.3 Å². The lowest BCUT2D eigenvalue weighted by Crippen LogP contribution is -2.18. The minimum Gasteiger partial charge on any atom is -0.334 e. The van der Waals surface area contributed by atoms with Crippen LogP contribution in [0.5, 0.6) is 0 Å². The summed E-state index contributed by atoms with van der Waals surface area (Å²) in [6.45, 7) is 1.87. The third-order valence-electron chi connectivity index (χ3n) is 2.00. The van der Waals surface area contributed by atoms with Crippen molar-refractivity contribution in [3.05, 3.63) is 34.5 Å². The average molecular weight is 220 g/mol. The van der Waals surface area contributed by atoms with Gasteiger partial charge in [-0.25, -0.2) is 0 Å². The van der Waals surface area contributed by atoms with Gasteiger partial charge in [0.2, 0.25) is 5.56 Å². The predicted molar refractivity (Wildman–Crippen MR) is 57.7 cm³/mol. The Bertz CT molecular complexity index is 509. The van der Waals surface area contributed by atoms with E-state index in [1.807, 2.05) is 6.92 Å². The van der Waals surface area contributed by atoms with Crippen molar-refractivity contribution in [2.45, 2.75) is 19.4 Å². The normalized spacial score (nSPS) is 12.6. The van der Waals surface area contributed by atoms with Gasteiger partial charge in [0.05, 0.1) is 5.56 Å². The number of pyridine rings is 1. The van der Waals surface area contributed by atoms with Crippen molar-refractivity contribution in [3.63, 3.8) is 0 Å². The van der Waals surface area contributed by atoms with Gasteiger partial charge in [0.1, 0.15) is 0 Å². The fourth-order valence-electron chi connectivity index (χ4n) is 1.29. The van der Waals surface area contributed by atoms with Gasteiger partial charge in [-0.1, -0.05) is 5.16 Å². The van der Waals surface area contributed by atoms with E-state index in [1.165, 1.54) is 12.3 Å². The van der Waals surface area contributed by atoms with Crippen molar-refractivity contribution in [3.8, 4) is 11.5 Å². The molecule has 1 atom stereocenters. The molecule has 1 unspecified atom stereocenters. The lowest BCUT2D eigenvalue weighted by molar-refractivity contribution is 0.420. The van der Waals surface area contributed by atoms with Gasteiger partial charge in [-0.05, 0) is 13.0 Å². The lowest BCUT2D eigenvalue weighted by atomic mass is 10.2. The summed E-state index contributed by atoms with van der Waals surface area (Å²) in [7, 11) is 0. The quantitative estimate of drug-likeness (QED) is 0.776. The Morgan fingerprint density at radius 2 is 2.38 bits per heavy atom. The van der Waals surface area contributed by atoms with E-state index in [-0.39, 0.29) is 11.6 Å². The van der Waals surface area contributed by atoms with Gasteiger partial charge in [0.25, 0.3) is 5.89 Å². The Morgan fingerprint density at radius 1 is 1.56 bits per heavy atom. The second kappa shape index (κ2) is 4.28. The maximum Gasteiger partial charge on any atom is 0.259 e. The van der Waals surface area contributed by atoms with Crippen molar-refractivity contribution in [1.29, 1.82) is 0 Å². The molecule has 3 N–H and O–H groups in total. The standard InChI is InChI=1S/C10H12N4O2/c1-6(11)4-8-13-10(16-14-8)7-2-3-9(15)12-5-7/h2-3,5-6H,4,11H2,1H3,(H,12,15). The molecule has 0 saturated carbocycles. The number of H-pyrrole nitrogens is 1. The molecule has 16 heavy (non-hydrogen) atoms. The highest BCUT2D eigenvalue weighted by Gasteiger charge is 2.09. The zero-order chi connectivity index (χ0) is 11.5. The van der Waals surface area contributed by atoms with Gasteiger partial charge in [0, 0.05) is 24.7 Å². The minimum atomic E-state index is -0.168. The van der Waals surface area contributed by atoms with Gasteiger partial charge in [-0.15, -0.1) is 0 Å². The van der Waals surface area contributed by atoms with Crippen molar-refractivity contribution < 1.29 is 4.52 Å². The molecular formula is C10H12N4O2. The van der Waals surface area contributed by atoms with Crippen molar-refractivity contribution in [2.75, 3.05) is 0 Å². The molecule has 0 radical (unpaired) electrons. The zero-order valence-corrected chi connectivity index (χ0v) is 8.80. The van der Waals surface area contributed by atoms with E-state index in [1.54, 1.807) is 6.07 Å². The summed E-state index contributed by atoms with van der Waals surface area (Å²) in [5.41, 5.74) is 6.14. The Balaban J connectivity index is 2.24. The molecule has 2 aromatic heterocycles. The largest absolute Gasteiger partial charge is 0.334 e. The van der Waals surface area contributed by atoms with E-state index in [0.29, 0.717) is 23.7 Å². The van der Waals surface area contributed by atoms with E-state index in [9.17, 15) is 4.79 Å². The van der Waals surface area contributed by atoms with Crippen LogP contribution in [0.1, 0.15) is 12.7 Å². The van der Waals surface area contributed by atoms with Gasteiger partial charge in [-0.3, -0.25) is 4.79 Å². The van der Waals surface area contributed by atoms with Gasteiger partial charge < -0.3 is 15.2 Å². The molecule has 6 nitrogen and oxygen atoms in total. The molecule has 0 aliphatic heterocycles. The molecule has 2 rings (SSSR count). The fourth-order valence-corrected chi connectivity index (χ4v) is 1.29. The first-order valence-electron chi connectivity index (χ1n) is 4.92. The van der Waals surface area contributed by atoms with Crippen LogP contribution in [0.3, 0.4) is 0 Å². The van der Waals surface area contributed by atoms with E-state index >= 15 is 0 Å². The molecule has 0 aromatic carbocycles. The second-order valence-electron chi connectivity index (χ2n) is 3.64. The molecule has 0 aliphatic carbocycles. The van der Waals surface area contributed by atoms with Crippen molar-refractivity contribution in [1.82, 2.24) is 15.1 Å². The fraction of sp³-hybridized carbons (Fsp3) is 0.300. The first-order chi connectivity index (χ1) is 7.65. The second-order valence-corrected chi connectivity index (χ2v) is 3.64. The average Bonchev–Trinajstić information content (AvgIpc) is 2.66. The number of aromatic amines is 1. The number of hydrogen-bond acceptors (Lipinski definition) is 5. The maximum absolute atomic E-state index is 10.9. The molecule has 0 amide bonds. The van der Waals surface area contributed by atoms with E-state index in [2.05, 4.69) is 15.1 Å². The summed E-state index contributed by atoms with van der Waals surface area (Å²) in [6, 6.07) is 3.02. The van der Waals surface area contributed by atoms with Gasteiger partial charge in [0.15, 0.2) is 5.82 Å². The Morgan fingerprint density at radius 3 is 3.00 bits per heavy atom. The SMILES string of the molecule is CC(N)Cc1noc(-c2ccc(=O)[nH]c2)n1. The summed E-state index contributed by atoms with van der Waals surface area (Å²) in [4.78, 5) is 17.6. The van der Waals surface area contributed by atoms with Gasteiger partial charge in [-0.2, -0.15) is 4.98 Å². The molecule has 2 heterocycles. The van der Waals surface area contributed by atoms with E-state index in [4.69, 9.17) is 10.3 Å². The molecule has 0 bridgehead atoms. The third-order valence-corrected chi connectivity index (χ3v) is 2.00. The zero-order valence-electron chi connectivity index (χ0n) is 8.80. The number of nitrogens with zero attached hydrogens (tertiary/aromatic N) is 2. The molecular weight excluding hydrogens is 208 g/mol. The molecule has 0 fully saturated rings.